The van der Waals surface area contributed by atoms with E-state index in [1.807, 2.05) is 17.2 Å². The highest BCUT2D eigenvalue weighted by Crippen LogP contribution is 2.33. The van der Waals surface area contributed by atoms with Crippen molar-refractivity contribution in [2.45, 2.75) is 51.0 Å². The van der Waals surface area contributed by atoms with Crippen molar-refractivity contribution in [2.24, 2.45) is 0 Å². The van der Waals surface area contributed by atoms with Gasteiger partial charge in [-0.1, -0.05) is 0 Å². The van der Waals surface area contributed by atoms with Crippen LogP contribution in [0.2, 0.25) is 0 Å². The molecule has 2 aliphatic rings. The molecule has 0 N–H and O–H groups in total. The van der Waals surface area contributed by atoms with Crippen LogP contribution in [-0.4, -0.2) is 60.9 Å². The number of aromatic nitrogens is 1. The average molecular weight is 340 g/mol. The van der Waals surface area contributed by atoms with Crippen LogP contribution >= 0.6 is 11.3 Å². The van der Waals surface area contributed by atoms with Crippen LogP contribution < -0.4 is 0 Å². The maximum absolute atomic E-state index is 12.3. The lowest BCUT2D eigenvalue weighted by Gasteiger charge is -2.39. The van der Waals surface area contributed by atoms with Crippen LogP contribution in [0.1, 0.15) is 30.0 Å². The lowest BCUT2D eigenvalue weighted by atomic mass is 10.1. The first-order valence-corrected chi connectivity index (χ1v) is 8.99. The van der Waals surface area contributed by atoms with Crippen LogP contribution in [0, 0.1) is 6.92 Å². The molecule has 3 atom stereocenters. The van der Waals surface area contributed by atoms with Crippen LogP contribution in [0.3, 0.4) is 0 Å². The van der Waals surface area contributed by atoms with E-state index in [1.165, 1.54) is 0 Å². The van der Waals surface area contributed by atoms with Gasteiger partial charge in [-0.3, -0.25) is 4.79 Å². The Labute approximate surface area is 140 Å². The average Bonchev–Trinajstić information content (AvgIpc) is 3.16. The second-order valence-corrected chi connectivity index (χ2v) is 7.08. The summed E-state index contributed by atoms with van der Waals surface area (Å²) in [7, 11) is 1.62. The highest BCUT2D eigenvalue weighted by atomic mass is 32.1. The maximum Gasteiger partial charge on any atom is 0.225 e. The number of ether oxygens (including phenoxy) is 3. The number of aryl methyl sites for hydroxylation is 1. The minimum absolute atomic E-state index is 0.0185. The highest BCUT2D eigenvalue weighted by Gasteiger charge is 2.44. The molecule has 0 unspecified atom stereocenters. The van der Waals surface area contributed by atoms with Crippen LogP contribution in [0.5, 0.6) is 0 Å². The number of thiazole rings is 1. The predicted octanol–water partition coefficient (Wildman–Crippen LogP) is 1.76. The second-order valence-electron chi connectivity index (χ2n) is 6.02. The van der Waals surface area contributed by atoms with Crippen molar-refractivity contribution in [2.75, 3.05) is 26.9 Å². The molecule has 0 bridgehead atoms. The Kier molecular flexibility index (Phi) is 5.63. The largest absolute Gasteiger partial charge is 0.384 e. The third-order valence-electron chi connectivity index (χ3n) is 4.49. The summed E-state index contributed by atoms with van der Waals surface area (Å²) in [5, 5.41) is 3.08. The number of nitrogens with zero attached hydrogens (tertiary/aromatic N) is 2. The molecular weight excluding hydrogens is 316 g/mol. The molecule has 3 rings (SSSR count). The molecule has 0 radical (unpaired) electrons. The molecular formula is C16H24N2O4S. The monoisotopic (exact) mass is 340 g/mol. The third-order valence-corrected chi connectivity index (χ3v) is 5.31. The lowest BCUT2D eigenvalue weighted by Crippen LogP contribution is -2.54. The Bertz CT molecular complexity index is 536. The highest BCUT2D eigenvalue weighted by molar-refractivity contribution is 7.09. The fourth-order valence-corrected chi connectivity index (χ4v) is 4.00. The third kappa shape index (κ3) is 3.91. The van der Waals surface area contributed by atoms with Gasteiger partial charge < -0.3 is 19.1 Å². The number of amides is 1. The number of fused-ring (bicyclic) bond motifs is 1. The fourth-order valence-electron chi connectivity index (χ4n) is 3.40. The van der Waals surface area contributed by atoms with Crippen molar-refractivity contribution >= 4 is 17.2 Å². The molecule has 1 aromatic rings. The van der Waals surface area contributed by atoms with Gasteiger partial charge in [0.1, 0.15) is 6.10 Å². The Hall–Kier alpha value is -1.02. The van der Waals surface area contributed by atoms with Gasteiger partial charge in [0.15, 0.2) is 0 Å². The molecule has 1 saturated heterocycles. The Morgan fingerprint density at radius 1 is 1.52 bits per heavy atom. The fraction of sp³-hybridized carbons (Fsp3) is 0.750. The summed E-state index contributed by atoms with van der Waals surface area (Å²) in [6, 6.07) is 0.135. The normalized spacial score (nSPS) is 27.2. The molecule has 1 aliphatic heterocycles. The number of hydrogen-bond acceptors (Lipinski definition) is 6. The maximum atomic E-state index is 12.3. The van der Waals surface area contributed by atoms with Gasteiger partial charge in [-0.15, -0.1) is 11.3 Å². The lowest BCUT2D eigenvalue weighted by molar-refractivity contribution is -0.153. The molecule has 0 aromatic carbocycles. The van der Waals surface area contributed by atoms with Gasteiger partial charge in [0.2, 0.25) is 5.91 Å². The first-order chi connectivity index (χ1) is 11.2. The van der Waals surface area contributed by atoms with Crippen molar-refractivity contribution in [1.29, 1.82) is 0 Å². The zero-order chi connectivity index (χ0) is 16.2. The first kappa shape index (κ1) is 16.8. The summed E-state index contributed by atoms with van der Waals surface area (Å²) in [6.07, 6.45) is 2.31. The molecule has 6 nitrogen and oxygen atoms in total. The van der Waals surface area contributed by atoms with Crippen molar-refractivity contribution in [3.63, 3.8) is 0 Å². The van der Waals surface area contributed by atoms with Gasteiger partial charge >= 0.3 is 0 Å². The molecule has 23 heavy (non-hydrogen) atoms. The molecule has 1 amide bonds. The summed E-state index contributed by atoms with van der Waals surface area (Å²) in [4.78, 5) is 18.7. The summed E-state index contributed by atoms with van der Waals surface area (Å²) in [5.41, 5.74) is 0.972. The summed E-state index contributed by atoms with van der Waals surface area (Å²) in [5.74, 6) is 0.154. The van der Waals surface area contributed by atoms with E-state index in [0.29, 0.717) is 32.8 Å². The number of morpholine rings is 1. The van der Waals surface area contributed by atoms with Gasteiger partial charge in [-0.2, -0.15) is 0 Å². The second kappa shape index (κ2) is 7.70. The SMILES string of the molecule is COCCC(=O)N1CCO[C@H]2[C@H]1CC[C@H]2OCc1csc(C)n1. The Morgan fingerprint density at radius 3 is 3.13 bits per heavy atom. The topological polar surface area (TPSA) is 60.9 Å². The van der Waals surface area contributed by atoms with E-state index in [0.717, 1.165) is 23.5 Å². The van der Waals surface area contributed by atoms with E-state index in [2.05, 4.69) is 4.98 Å². The number of rotatable bonds is 6. The quantitative estimate of drug-likeness (QED) is 0.790. The number of methoxy groups -OCH3 is 1. The summed E-state index contributed by atoms with van der Waals surface area (Å²) < 4.78 is 17.0. The van der Waals surface area contributed by atoms with E-state index in [4.69, 9.17) is 14.2 Å². The standard InChI is InChI=1S/C16H24N2O4S/c1-11-17-12(10-23-11)9-22-14-4-3-13-16(14)21-8-6-18(13)15(19)5-7-20-2/h10,13-14,16H,3-9H2,1-2H3/t13-,14-,16+/m1/s1. The summed E-state index contributed by atoms with van der Waals surface area (Å²) >= 11 is 1.63. The van der Waals surface area contributed by atoms with Gasteiger partial charge in [-0.25, -0.2) is 4.98 Å². The minimum atomic E-state index is -0.0185. The summed E-state index contributed by atoms with van der Waals surface area (Å²) in [6.45, 7) is 4.22. The van der Waals surface area contributed by atoms with Crippen molar-refractivity contribution < 1.29 is 19.0 Å². The van der Waals surface area contributed by atoms with Gasteiger partial charge in [0.25, 0.3) is 0 Å². The Balaban J connectivity index is 1.56. The van der Waals surface area contributed by atoms with E-state index >= 15 is 0 Å². The molecule has 2 fully saturated rings. The van der Waals surface area contributed by atoms with Crippen molar-refractivity contribution in [1.82, 2.24) is 9.88 Å². The minimum Gasteiger partial charge on any atom is -0.384 e. The van der Waals surface area contributed by atoms with Crippen LogP contribution in [0.15, 0.2) is 5.38 Å². The molecule has 1 aromatic heterocycles. The first-order valence-electron chi connectivity index (χ1n) is 8.11. The zero-order valence-corrected chi connectivity index (χ0v) is 14.5. The molecule has 1 saturated carbocycles. The number of hydrogen-bond donors (Lipinski definition) is 0. The molecule has 2 heterocycles. The van der Waals surface area contributed by atoms with Crippen LogP contribution in [0.25, 0.3) is 0 Å². The van der Waals surface area contributed by atoms with Crippen molar-refractivity contribution in [3.8, 4) is 0 Å². The van der Waals surface area contributed by atoms with E-state index in [-0.39, 0.29) is 24.2 Å². The molecule has 1 aliphatic carbocycles. The Morgan fingerprint density at radius 2 is 2.39 bits per heavy atom. The molecule has 128 valence electrons. The molecule has 7 heteroatoms. The van der Waals surface area contributed by atoms with E-state index in [1.54, 1.807) is 18.4 Å². The predicted molar refractivity (Wildman–Crippen MR) is 86.4 cm³/mol. The molecule has 0 spiro atoms. The van der Waals surface area contributed by atoms with E-state index in [9.17, 15) is 4.79 Å². The smallest absolute Gasteiger partial charge is 0.225 e. The van der Waals surface area contributed by atoms with Crippen molar-refractivity contribution in [3.05, 3.63) is 16.1 Å². The van der Waals surface area contributed by atoms with E-state index < -0.39 is 0 Å². The van der Waals surface area contributed by atoms with Crippen LogP contribution in [0.4, 0.5) is 0 Å². The number of carbonyl (C=O) groups is 1. The van der Waals surface area contributed by atoms with Gasteiger partial charge in [0.05, 0.1) is 49.1 Å². The van der Waals surface area contributed by atoms with Gasteiger partial charge in [0, 0.05) is 19.0 Å². The number of carbonyl (C=O) groups excluding carboxylic acids is 1. The zero-order valence-electron chi connectivity index (χ0n) is 13.7. The van der Waals surface area contributed by atoms with Crippen LogP contribution in [-0.2, 0) is 25.6 Å². The van der Waals surface area contributed by atoms with Gasteiger partial charge in [-0.05, 0) is 19.8 Å².